The van der Waals surface area contributed by atoms with Crippen LogP contribution in [0.3, 0.4) is 0 Å². The van der Waals surface area contributed by atoms with Crippen LogP contribution in [0.2, 0.25) is 0 Å². The van der Waals surface area contributed by atoms with Gasteiger partial charge < -0.3 is 0 Å². The standard InChI is InChI=1S/C19H15F3N6OS/c1-3-11-9-28(13-4-5-14(19(20,21)22)26-15(11)13)27-17(29)12-8-24-16(25-10(12)2)18-23-6-7-30-18/h4-9H,3H2,1-2H3,(H,27,29). The van der Waals surface area contributed by atoms with Crippen molar-refractivity contribution in [3.8, 4) is 10.8 Å². The highest BCUT2D eigenvalue weighted by Crippen LogP contribution is 2.30. The molecule has 0 aliphatic rings. The highest BCUT2D eigenvalue weighted by Gasteiger charge is 2.33. The van der Waals surface area contributed by atoms with Gasteiger partial charge in [-0.3, -0.25) is 14.9 Å². The number of alkyl halides is 3. The first-order valence-corrected chi connectivity index (χ1v) is 9.79. The monoisotopic (exact) mass is 432 g/mol. The number of aromatic nitrogens is 5. The number of aryl methyl sites for hydroxylation is 2. The van der Waals surface area contributed by atoms with Crippen molar-refractivity contribution in [2.75, 3.05) is 5.43 Å². The summed E-state index contributed by atoms with van der Waals surface area (Å²) in [7, 11) is 0. The van der Waals surface area contributed by atoms with E-state index in [9.17, 15) is 18.0 Å². The summed E-state index contributed by atoms with van der Waals surface area (Å²) in [6, 6.07) is 2.18. The molecule has 1 N–H and O–H groups in total. The number of halogens is 3. The molecule has 0 atom stereocenters. The summed E-state index contributed by atoms with van der Waals surface area (Å²) in [6.07, 6.45) is 0.521. The molecule has 0 aliphatic heterocycles. The number of hydrogen-bond acceptors (Lipinski definition) is 6. The van der Waals surface area contributed by atoms with Crippen molar-refractivity contribution in [1.29, 1.82) is 0 Å². The van der Waals surface area contributed by atoms with Crippen LogP contribution in [0.5, 0.6) is 0 Å². The molecule has 0 unspecified atom stereocenters. The molecule has 0 saturated carbocycles. The fourth-order valence-corrected chi connectivity index (χ4v) is 3.55. The van der Waals surface area contributed by atoms with E-state index in [1.54, 1.807) is 31.6 Å². The van der Waals surface area contributed by atoms with Crippen LogP contribution >= 0.6 is 11.3 Å². The van der Waals surface area contributed by atoms with Crippen molar-refractivity contribution < 1.29 is 18.0 Å². The topological polar surface area (TPSA) is 85.6 Å². The van der Waals surface area contributed by atoms with Crippen LogP contribution in [-0.4, -0.2) is 30.5 Å². The van der Waals surface area contributed by atoms with Gasteiger partial charge in [-0.25, -0.2) is 19.9 Å². The van der Waals surface area contributed by atoms with E-state index >= 15 is 0 Å². The van der Waals surface area contributed by atoms with E-state index in [1.165, 1.54) is 28.3 Å². The van der Waals surface area contributed by atoms with Crippen LogP contribution in [0.1, 0.15) is 34.2 Å². The molecular formula is C19H15F3N6OS. The number of carbonyl (C=O) groups is 1. The Bertz CT molecular complexity index is 1230. The lowest BCUT2D eigenvalue weighted by Crippen LogP contribution is -2.23. The summed E-state index contributed by atoms with van der Waals surface area (Å²) in [5.41, 5.74) is 3.55. The maximum atomic E-state index is 13.0. The number of nitrogens with zero attached hydrogens (tertiary/aromatic N) is 5. The summed E-state index contributed by atoms with van der Waals surface area (Å²) < 4.78 is 40.4. The molecule has 0 saturated heterocycles. The minimum absolute atomic E-state index is 0.194. The van der Waals surface area contributed by atoms with Crippen molar-refractivity contribution in [3.05, 3.63) is 58.6 Å². The second-order valence-corrected chi connectivity index (χ2v) is 7.31. The number of rotatable bonds is 4. The lowest BCUT2D eigenvalue weighted by molar-refractivity contribution is -0.140. The van der Waals surface area contributed by atoms with Gasteiger partial charge in [0.15, 0.2) is 10.8 Å². The predicted octanol–water partition coefficient (Wildman–Crippen LogP) is 4.22. The zero-order chi connectivity index (χ0) is 21.5. The Morgan fingerprint density at radius 2 is 2.03 bits per heavy atom. The van der Waals surface area contributed by atoms with Crippen LogP contribution in [0.15, 0.2) is 36.1 Å². The van der Waals surface area contributed by atoms with Crippen LogP contribution < -0.4 is 5.43 Å². The van der Waals surface area contributed by atoms with Gasteiger partial charge in [0.1, 0.15) is 5.69 Å². The highest BCUT2D eigenvalue weighted by atomic mass is 32.1. The summed E-state index contributed by atoms with van der Waals surface area (Å²) in [4.78, 5) is 29.2. The third kappa shape index (κ3) is 3.63. The summed E-state index contributed by atoms with van der Waals surface area (Å²) in [5.74, 6) is -0.0692. The molecule has 1 amide bonds. The zero-order valence-electron chi connectivity index (χ0n) is 15.9. The van der Waals surface area contributed by atoms with Crippen molar-refractivity contribution >= 4 is 28.3 Å². The number of amides is 1. The van der Waals surface area contributed by atoms with Gasteiger partial charge in [-0.2, -0.15) is 13.2 Å². The number of fused-ring (bicyclic) bond motifs is 1. The van der Waals surface area contributed by atoms with E-state index < -0.39 is 17.8 Å². The largest absolute Gasteiger partial charge is 0.433 e. The van der Waals surface area contributed by atoms with E-state index in [2.05, 4.69) is 25.4 Å². The van der Waals surface area contributed by atoms with Gasteiger partial charge in [-0.1, -0.05) is 6.92 Å². The van der Waals surface area contributed by atoms with E-state index in [1.807, 2.05) is 0 Å². The molecule has 4 aromatic rings. The van der Waals surface area contributed by atoms with E-state index in [0.29, 0.717) is 34.0 Å². The third-order valence-corrected chi connectivity index (χ3v) is 5.23. The molecule has 0 spiro atoms. The van der Waals surface area contributed by atoms with Gasteiger partial charge >= 0.3 is 6.18 Å². The number of nitrogens with one attached hydrogen (secondary N) is 1. The molecule has 4 rings (SSSR count). The van der Waals surface area contributed by atoms with Crippen LogP contribution in [-0.2, 0) is 12.6 Å². The van der Waals surface area contributed by atoms with Crippen molar-refractivity contribution in [3.63, 3.8) is 0 Å². The number of hydrogen-bond donors (Lipinski definition) is 1. The number of thiazole rings is 1. The molecule has 7 nitrogen and oxygen atoms in total. The summed E-state index contributed by atoms with van der Waals surface area (Å²) in [5, 5.41) is 2.44. The van der Waals surface area contributed by atoms with Crippen molar-refractivity contribution in [2.24, 2.45) is 0 Å². The lowest BCUT2D eigenvalue weighted by atomic mass is 10.2. The molecule has 4 heterocycles. The summed E-state index contributed by atoms with van der Waals surface area (Å²) >= 11 is 1.38. The Balaban J connectivity index is 1.66. The Labute approximate surface area is 172 Å². The first kappa shape index (κ1) is 20.0. The third-order valence-electron chi connectivity index (χ3n) is 4.46. The Morgan fingerprint density at radius 1 is 1.23 bits per heavy atom. The normalized spacial score (nSPS) is 11.8. The second kappa shape index (κ2) is 7.48. The average Bonchev–Trinajstić information content (AvgIpc) is 3.35. The minimum Gasteiger partial charge on any atom is -0.267 e. The highest BCUT2D eigenvalue weighted by molar-refractivity contribution is 7.13. The SMILES string of the molecule is CCc1cn(NC(=O)c2cnc(-c3nccs3)nc2C)c2ccc(C(F)(F)F)nc12. The molecule has 0 radical (unpaired) electrons. The van der Waals surface area contributed by atoms with Crippen LogP contribution in [0.25, 0.3) is 21.9 Å². The molecule has 0 aromatic carbocycles. The van der Waals surface area contributed by atoms with Gasteiger partial charge in [-0.15, -0.1) is 11.3 Å². The van der Waals surface area contributed by atoms with Crippen molar-refractivity contribution in [1.82, 2.24) is 24.6 Å². The first-order valence-electron chi connectivity index (χ1n) is 8.91. The lowest BCUT2D eigenvalue weighted by Gasteiger charge is -2.10. The molecule has 0 fully saturated rings. The number of carbonyl (C=O) groups excluding carboxylic acids is 1. The van der Waals surface area contributed by atoms with Crippen molar-refractivity contribution in [2.45, 2.75) is 26.4 Å². The number of pyridine rings is 1. The first-order chi connectivity index (χ1) is 14.3. The van der Waals surface area contributed by atoms with Gasteiger partial charge in [0.25, 0.3) is 5.91 Å². The van der Waals surface area contributed by atoms with Crippen LogP contribution in [0, 0.1) is 6.92 Å². The maximum Gasteiger partial charge on any atom is 0.433 e. The fourth-order valence-electron chi connectivity index (χ4n) is 2.97. The minimum atomic E-state index is -4.54. The zero-order valence-corrected chi connectivity index (χ0v) is 16.7. The van der Waals surface area contributed by atoms with E-state index in [4.69, 9.17) is 0 Å². The quantitative estimate of drug-likeness (QED) is 0.522. The molecule has 30 heavy (non-hydrogen) atoms. The van der Waals surface area contributed by atoms with E-state index in [0.717, 1.165) is 6.07 Å². The predicted molar refractivity (Wildman–Crippen MR) is 106 cm³/mol. The molecule has 4 aromatic heterocycles. The molecule has 11 heteroatoms. The van der Waals surface area contributed by atoms with Crippen LogP contribution in [0.4, 0.5) is 13.2 Å². The Morgan fingerprint density at radius 3 is 2.67 bits per heavy atom. The second-order valence-electron chi connectivity index (χ2n) is 6.41. The van der Waals surface area contributed by atoms with Gasteiger partial charge in [-0.05, 0) is 31.0 Å². The summed E-state index contributed by atoms with van der Waals surface area (Å²) in [6.45, 7) is 3.48. The molecule has 0 aliphatic carbocycles. The fraction of sp³-hybridized carbons (Fsp3) is 0.211. The maximum absolute atomic E-state index is 13.0. The Hall–Kier alpha value is -3.34. The van der Waals surface area contributed by atoms with E-state index in [-0.39, 0.29) is 11.1 Å². The van der Waals surface area contributed by atoms with Gasteiger partial charge in [0.2, 0.25) is 0 Å². The Kier molecular flexibility index (Phi) is 4.98. The smallest absolute Gasteiger partial charge is 0.267 e. The molecule has 0 bridgehead atoms. The average molecular weight is 432 g/mol. The van der Waals surface area contributed by atoms with Gasteiger partial charge in [0.05, 0.1) is 22.3 Å². The molecule has 154 valence electrons. The molecular weight excluding hydrogens is 417 g/mol. The van der Waals surface area contributed by atoms with Gasteiger partial charge in [0, 0.05) is 24.0 Å².